The minimum absolute atomic E-state index is 0.110. The van der Waals surface area contributed by atoms with E-state index in [0.717, 1.165) is 63.1 Å². The minimum atomic E-state index is -0.398. The maximum atomic E-state index is 13.6. The Kier molecular flexibility index (Phi) is 6.65. The second-order valence-electron chi connectivity index (χ2n) is 8.71. The first-order valence-electron chi connectivity index (χ1n) is 11.7. The van der Waals surface area contributed by atoms with Gasteiger partial charge >= 0.3 is 0 Å². The van der Waals surface area contributed by atoms with E-state index in [1.807, 2.05) is 29.2 Å². The lowest BCUT2D eigenvalue weighted by Crippen LogP contribution is -2.39. The summed E-state index contributed by atoms with van der Waals surface area (Å²) in [6.45, 7) is 7.80. The number of benzene rings is 1. The lowest BCUT2D eigenvalue weighted by Gasteiger charge is -2.35. The predicted molar refractivity (Wildman–Crippen MR) is 119 cm³/mol. The number of ether oxygens (including phenoxy) is 2. The van der Waals surface area contributed by atoms with E-state index in [2.05, 4.69) is 18.7 Å². The van der Waals surface area contributed by atoms with Crippen LogP contribution in [0.2, 0.25) is 0 Å². The van der Waals surface area contributed by atoms with Crippen molar-refractivity contribution in [2.24, 2.45) is 5.92 Å². The molecule has 0 bridgehead atoms. The smallest absolute Gasteiger partial charge is 0.290 e. The van der Waals surface area contributed by atoms with Crippen molar-refractivity contribution in [2.75, 3.05) is 33.3 Å². The quantitative estimate of drug-likeness (QED) is 0.634. The molecule has 4 rings (SSSR count). The number of carbonyl (C=O) groups excluding carboxylic acids is 2. The molecule has 1 aromatic carbocycles. The molecule has 0 radical (unpaired) electrons. The number of fused-ring (bicyclic) bond motifs is 1. The number of Topliss-reactive ketones (excluding diaryl/α,β-unsaturated/α-hetero) is 1. The van der Waals surface area contributed by atoms with Crippen molar-refractivity contribution in [1.29, 1.82) is 0 Å². The number of carbonyl (C=O) groups is 2. The summed E-state index contributed by atoms with van der Waals surface area (Å²) in [7, 11) is 1.63. The molecule has 3 aliphatic rings. The number of ketones is 1. The molecular weight excluding hydrogens is 392 g/mol. The van der Waals surface area contributed by atoms with Gasteiger partial charge in [0.05, 0.1) is 24.6 Å². The van der Waals surface area contributed by atoms with E-state index >= 15 is 0 Å². The first kappa shape index (κ1) is 21.9. The highest BCUT2D eigenvalue weighted by Gasteiger charge is 2.51. The molecule has 1 aromatic rings. The van der Waals surface area contributed by atoms with Gasteiger partial charge in [-0.2, -0.15) is 0 Å². The van der Waals surface area contributed by atoms with Crippen LogP contribution < -0.4 is 4.74 Å². The van der Waals surface area contributed by atoms with Gasteiger partial charge in [0.15, 0.2) is 11.5 Å². The highest BCUT2D eigenvalue weighted by molar-refractivity contribution is 6.11. The van der Waals surface area contributed by atoms with Crippen LogP contribution in [-0.4, -0.2) is 60.9 Å². The summed E-state index contributed by atoms with van der Waals surface area (Å²) in [5, 5.41) is 0. The van der Waals surface area contributed by atoms with Gasteiger partial charge in [0.25, 0.3) is 5.91 Å². The van der Waals surface area contributed by atoms with Crippen molar-refractivity contribution in [2.45, 2.75) is 58.1 Å². The second-order valence-corrected chi connectivity index (χ2v) is 8.71. The number of rotatable bonds is 8. The van der Waals surface area contributed by atoms with Gasteiger partial charge in [-0.05, 0) is 63.0 Å². The maximum Gasteiger partial charge on any atom is 0.290 e. The Morgan fingerprint density at radius 2 is 1.94 bits per heavy atom. The van der Waals surface area contributed by atoms with E-state index in [0.29, 0.717) is 17.9 Å². The molecule has 3 unspecified atom stereocenters. The standard InChI is InChI=1S/C25H34N2O4/c1-4-26(5-2)14-9-15-27-22(17-10-8-11-18(16-17)30-3)21-23(28)19-12-6-7-13-20(19)31-24(21)25(27)29/h8,10-11,16,19-20,22H,4-7,9,12-15H2,1-3H3. The van der Waals surface area contributed by atoms with Crippen molar-refractivity contribution in [1.82, 2.24) is 9.80 Å². The molecule has 1 fully saturated rings. The molecule has 0 spiro atoms. The molecule has 1 amide bonds. The Bertz CT molecular complexity index is 861. The molecule has 6 nitrogen and oxygen atoms in total. The van der Waals surface area contributed by atoms with Crippen LogP contribution in [0, 0.1) is 5.92 Å². The summed E-state index contributed by atoms with van der Waals surface area (Å²) in [5.41, 5.74) is 1.47. The molecule has 0 saturated heterocycles. The Morgan fingerprint density at radius 1 is 1.16 bits per heavy atom. The van der Waals surface area contributed by atoms with E-state index in [1.54, 1.807) is 7.11 Å². The Morgan fingerprint density at radius 3 is 2.68 bits per heavy atom. The lowest BCUT2D eigenvalue weighted by atomic mass is 9.77. The number of methoxy groups -OCH3 is 1. The average molecular weight is 427 g/mol. The third kappa shape index (κ3) is 4.10. The maximum absolute atomic E-state index is 13.6. The summed E-state index contributed by atoms with van der Waals surface area (Å²) in [5.74, 6) is 0.868. The third-order valence-corrected chi connectivity index (χ3v) is 7.04. The summed E-state index contributed by atoms with van der Waals surface area (Å²) in [6.07, 6.45) is 4.51. The number of hydrogen-bond donors (Lipinski definition) is 0. The lowest BCUT2D eigenvalue weighted by molar-refractivity contribution is -0.135. The van der Waals surface area contributed by atoms with Gasteiger partial charge in [-0.15, -0.1) is 0 Å². The van der Waals surface area contributed by atoms with E-state index in [-0.39, 0.29) is 23.7 Å². The predicted octanol–water partition coefficient (Wildman–Crippen LogP) is 3.72. The van der Waals surface area contributed by atoms with E-state index in [9.17, 15) is 9.59 Å². The van der Waals surface area contributed by atoms with Crippen LogP contribution in [0.4, 0.5) is 0 Å². The molecule has 2 aliphatic heterocycles. The largest absolute Gasteiger partial charge is 0.497 e. The van der Waals surface area contributed by atoms with Crippen LogP contribution in [0.25, 0.3) is 0 Å². The zero-order chi connectivity index (χ0) is 22.0. The van der Waals surface area contributed by atoms with Crippen molar-refractivity contribution in [3.05, 3.63) is 41.2 Å². The topological polar surface area (TPSA) is 59.1 Å². The second kappa shape index (κ2) is 9.43. The summed E-state index contributed by atoms with van der Waals surface area (Å²) in [4.78, 5) is 31.2. The average Bonchev–Trinajstić information content (AvgIpc) is 3.09. The molecule has 3 atom stereocenters. The van der Waals surface area contributed by atoms with Gasteiger partial charge in [0.1, 0.15) is 11.9 Å². The highest BCUT2D eigenvalue weighted by Crippen LogP contribution is 2.47. The fourth-order valence-electron chi connectivity index (χ4n) is 5.29. The monoisotopic (exact) mass is 426 g/mol. The zero-order valence-corrected chi connectivity index (χ0v) is 18.9. The number of amides is 1. The first-order chi connectivity index (χ1) is 15.1. The minimum Gasteiger partial charge on any atom is -0.497 e. The highest BCUT2D eigenvalue weighted by atomic mass is 16.5. The molecule has 0 N–H and O–H groups in total. The van der Waals surface area contributed by atoms with Gasteiger partial charge in [-0.3, -0.25) is 9.59 Å². The van der Waals surface area contributed by atoms with Gasteiger partial charge in [0.2, 0.25) is 0 Å². The van der Waals surface area contributed by atoms with Crippen LogP contribution in [0.5, 0.6) is 5.75 Å². The molecule has 2 heterocycles. The molecule has 0 aromatic heterocycles. The van der Waals surface area contributed by atoms with Crippen LogP contribution in [0.1, 0.15) is 57.6 Å². The van der Waals surface area contributed by atoms with Crippen molar-refractivity contribution >= 4 is 11.7 Å². The SMILES string of the molecule is CCN(CC)CCCN1C(=O)C2=C(C(=O)C3CCCCC3O2)C1c1cccc(OC)c1. The van der Waals surface area contributed by atoms with E-state index < -0.39 is 6.04 Å². The summed E-state index contributed by atoms with van der Waals surface area (Å²) in [6, 6.07) is 7.32. The van der Waals surface area contributed by atoms with Crippen LogP contribution >= 0.6 is 0 Å². The van der Waals surface area contributed by atoms with Gasteiger partial charge < -0.3 is 19.3 Å². The fourth-order valence-corrected chi connectivity index (χ4v) is 5.29. The van der Waals surface area contributed by atoms with Crippen molar-refractivity contribution in [3.8, 4) is 5.75 Å². The van der Waals surface area contributed by atoms with Gasteiger partial charge in [-0.1, -0.05) is 32.4 Å². The normalized spacial score (nSPS) is 25.5. The van der Waals surface area contributed by atoms with E-state index in [4.69, 9.17) is 9.47 Å². The summed E-state index contributed by atoms with van der Waals surface area (Å²) >= 11 is 0. The molecule has 1 aliphatic carbocycles. The molecule has 31 heavy (non-hydrogen) atoms. The third-order valence-electron chi connectivity index (χ3n) is 7.04. The fraction of sp³-hybridized carbons (Fsp3) is 0.600. The summed E-state index contributed by atoms with van der Waals surface area (Å²) < 4.78 is 11.7. The first-order valence-corrected chi connectivity index (χ1v) is 11.7. The van der Waals surface area contributed by atoms with Crippen molar-refractivity contribution in [3.63, 3.8) is 0 Å². The van der Waals surface area contributed by atoms with Crippen molar-refractivity contribution < 1.29 is 19.1 Å². The van der Waals surface area contributed by atoms with Gasteiger partial charge in [-0.25, -0.2) is 0 Å². The zero-order valence-electron chi connectivity index (χ0n) is 18.9. The molecule has 1 saturated carbocycles. The van der Waals surface area contributed by atoms with Crippen LogP contribution in [0.3, 0.4) is 0 Å². The van der Waals surface area contributed by atoms with Crippen LogP contribution in [-0.2, 0) is 14.3 Å². The number of hydrogen-bond acceptors (Lipinski definition) is 5. The molecule has 168 valence electrons. The molecular formula is C25H34N2O4. The number of nitrogens with zero attached hydrogens (tertiary/aromatic N) is 2. The Hall–Kier alpha value is -2.34. The van der Waals surface area contributed by atoms with E-state index in [1.165, 1.54) is 0 Å². The van der Waals surface area contributed by atoms with Gasteiger partial charge in [0, 0.05) is 6.54 Å². The molecule has 6 heteroatoms. The van der Waals surface area contributed by atoms with Crippen LogP contribution in [0.15, 0.2) is 35.6 Å². The Balaban J connectivity index is 1.66. The Labute approximate surface area is 185 Å².